The molecule has 1 N–H and O–H groups in total. The Bertz CT molecular complexity index is 572. The quantitative estimate of drug-likeness (QED) is 0.825. The normalized spacial score (nSPS) is 16.1. The van der Waals surface area contributed by atoms with Crippen LogP contribution in [0, 0.1) is 12.8 Å². The van der Waals surface area contributed by atoms with E-state index >= 15 is 0 Å². The van der Waals surface area contributed by atoms with Crippen molar-refractivity contribution in [1.29, 1.82) is 0 Å². The van der Waals surface area contributed by atoms with Gasteiger partial charge in [0.15, 0.2) is 0 Å². The van der Waals surface area contributed by atoms with Gasteiger partial charge in [-0.2, -0.15) is 0 Å². The number of nitrogens with one attached hydrogen (secondary N) is 1. The molecule has 0 aliphatic heterocycles. The van der Waals surface area contributed by atoms with Crippen LogP contribution in [0.2, 0.25) is 5.02 Å². The first-order valence-corrected chi connectivity index (χ1v) is 7.65. The second kappa shape index (κ2) is 5.99. The van der Waals surface area contributed by atoms with Gasteiger partial charge in [-0.25, -0.2) is 0 Å². The maximum Gasteiger partial charge on any atom is 0.0406 e. The third-order valence-corrected chi connectivity index (χ3v) is 4.35. The Morgan fingerprint density at radius 1 is 1.10 bits per heavy atom. The molecule has 2 aromatic rings. The first-order chi connectivity index (χ1) is 9.74. The second-order valence-electron chi connectivity index (χ2n) is 5.67. The van der Waals surface area contributed by atoms with Crippen molar-refractivity contribution in [2.75, 3.05) is 0 Å². The molecule has 1 nitrogen and oxygen atoms in total. The van der Waals surface area contributed by atoms with Gasteiger partial charge in [-0.1, -0.05) is 48.0 Å². The van der Waals surface area contributed by atoms with E-state index in [1.54, 1.807) is 0 Å². The smallest absolute Gasteiger partial charge is 0.0406 e. The molecular weight excluding hydrogens is 266 g/mol. The molecule has 0 amide bonds. The molecule has 3 rings (SSSR count). The fourth-order valence-electron chi connectivity index (χ4n) is 2.68. The maximum absolute atomic E-state index is 5.98. The third-order valence-electron chi connectivity index (χ3n) is 4.10. The predicted octanol–water partition coefficient (Wildman–Crippen LogP) is 4.89. The SMILES string of the molecule is Cc1ccccc1CNC(c1ccc(Cl)cc1)C1CC1. The van der Waals surface area contributed by atoms with Gasteiger partial charge in [0, 0.05) is 17.6 Å². The van der Waals surface area contributed by atoms with Crippen LogP contribution in [0.1, 0.15) is 35.6 Å². The Kier molecular flexibility index (Phi) is 4.09. The van der Waals surface area contributed by atoms with E-state index in [-0.39, 0.29) is 0 Å². The lowest BCUT2D eigenvalue weighted by Crippen LogP contribution is -2.23. The summed E-state index contributed by atoms with van der Waals surface area (Å²) in [6.45, 7) is 3.10. The lowest BCUT2D eigenvalue weighted by Gasteiger charge is -2.19. The second-order valence-corrected chi connectivity index (χ2v) is 6.11. The number of rotatable bonds is 5. The van der Waals surface area contributed by atoms with Crippen molar-refractivity contribution in [3.05, 3.63) is 70.2 Å². The van der Waals surface area contributed by atoms with Gasteiger partial charge in [0.2, 0.25) is 0 Å². The standard InChI is InChI=1S/C18H20ClN/c1-13-4-2-3-5-16(13)12-20-18(14-6-7-14)15-8-10-17(19)11-9-15/h2-5,8-11,14,18,20H,6-7,12H2,1H3. The number of hydrogen-bond acceptors (Lipinski definition) is 1. The lowest BCUT2D eigenvalue weighted by molar-refractivity contribution is 0.480. The molecule has 1 aliphatic carbocycles. The molecule has 0 bridgehead atoms. The van der Waals surface area contributed by atoms with Crippen LogP contribution >= 0.6 is 11.6 Å². The summed E-state index contributed by atoms with van der Waals surface area (Å²) in [6.07, 6.45) is 2.65. The first-order valence-electron chi connectivity index (χ1n) is 7.27. The minimum absolute atomic E-state index is 0.451. The van der Waals surface area contributed by atoms with Gasteiger partial charge < -0.3 is 5.32 Å². The van der Waals surface area contributed by atoms with E-state index in [0.29, 0.717) is 6.04 Å². The lowest BCUT2D eigenvalue weighted by atomic mass is 10.0. The van der Waals surface area contributed by atoms with E-state index in [4.69, 9.17) is 11.6 Å². The predicted molar refractivity (Wildman–Crippen MR) is 84.9 cm³/mol. The summed E-state index contributed by atoms with van der Waals surface area (Å²) in [5, 5.41) is 4.54. The van der Waals surface area contributed by atoms with Gasteiger partial charge >= 0.3 is 0 Å². The van der Waals surface area contributed by atoms with Crippen LogP contribution in [0.3, 0.4) is 0 Å². The summed E-state index contributed by atoms with van der Waals surface area (Å²) in [5.41, 5.74) is 4.09. The highest BCUT2D eigenvalue weighted by Gasteiger charge is 2.31. The first kappa shape index (κ1) is 13.7. The van der Waals surface area contributed by atoms with Gasteiger partial charge in [0.25, 0.3) is 0 Å². The van der Waals surface area contributed by atoms with Crippen LogP contribution in [0.25, 0.3) is 0 Å². The summed E-state index contributed by atoms with van der Waals surface area (Å²) in [6, 6.07) is 17.3. The minimum Gasteiger partial charge on any atom is -0.306 e. The molecule has 104 valence electrons. The van der Waals surface area contributed by atoms with Crippen molar-refractivity contribution in [3.8, 4) is 0 Å². The molecule has 1 saturated carbocycles. The van der Waals surface area contributed by atoms with Crippen molar-refractivity contribution in [2.45, 2.75) is 32.4 Å². The molecular formula is C18H20ClN. The largest absolute Gasteiger partial charge is 0.306 e. The molecule has 2 aromatic carbocycles. The summed E-state index contributed by atoms with van der Waals surface area (Å²) >= 11 is 5.98. The van der Waals surface area contributed by atoms with Crippen LogP contribution in [-0.2, 0) is 6.54 Å². The minimum atomic E-state index is 0.451. The van der Waals surface area contributed by atoms with E-state index in [9.17, 15) is 0 Å². The van der Waals surface area contributed by atoms with Crippen molar-refractivity contribution in [3.63, 3.8) is 0 Å². The van der Waals surface area contributed by atoms with Crippen molar-refractivity contribution >= 4 is 11.6 Å². The fraction of sp³-hybridized carbons (Fsp3) is 0.333. The summed E-state index contributed by atoms with van der Waals surface area (Å²) < 4.78 is 0. The van der Waals surface area contributed by atoms with Crippen molar-refractivity contribution in [2.24, 2.45) is 5.92 Å². The molecule has 1 atom stereocenters. The molecule has 1 unspecified atom stereocenters. The van der Waals surface area contributed by atoms with Crippen LogP contribution in [-0.4, -0.2) is 0 Å². The number of benzene rings is 2. The zero-order valence-electron chi connectivity index (χ0n) is 11.8. The zero-order valence-corrected chi connectivity index (χ0v) is 12.5. The molecule has 0 spiro atoms. The maximum atomic E-state index is 5.98. The molecule has 1 aliphatic rings. The van der Waals surface area contributed by atoms with Gasteiger partial charge in [-0.05, 0) is 54.5 Å². The van der Waals surface area contributed by atoms with Gasteiger partial charge in [0.1, 0.15) is 0 Å². The van der Waals surface area contributed by atoms with E-state index in [1.807, 2.05) is 12.1 Å². The highest BCUT2D eigenvalue weighted by Crippen LogP contribution is 2.41. The van der Waals surface area contributed by atoms with Crippen LogP contribution < -0.4 is 5.32 Å². The Morgan fingerprint density at radius 2 is 1.80 bits per heavy atom. The Hall–Kier alpha value is -1.31. The highest BCUT2D eigenvalue weighted by molar-refractivity contribution is 6.30. The number of aryl methyl sites for hydroxylation is 1. The summed E-state index contributed by atoms with van der Waals surface area (Å²) in [4.78, 5) is 0. The number of hydrogen-bond donors (Lipinski definition) is 1. The Labute approximate surface area is 126 Å². The van der Waals surface area contributed by atoms with E-state index in [1.165, 1.54) is 29.5 Å². The number of halogens is 1. The van der Waals surface area contributed by atoms with Crippen molar-refractivity contribution < 1.29 is 0 Å². The van der Waals surface area contributed by atoms with E-state index in [2.05, 4.69) is 48.6 Å². The molecule has 0 heterocycles. The van der Waals surface area contributed by atoms with E-state index in [0.717, 1.165) is 17.5 Å². The molecule has 0 aromatic heterocycles. The van der Waals surface area contributed by atoms with Gasteiger partial charge in [0.05, 0.1) is 0 Å². The molecule has 1 fully saturated rings. The monoisotopic (exact) mass is 285 g/mol. The summed E-state index contributed by atoms with van der Waals surface area (Å²) in [5.74, 6) is 0.778. The van der Waals surface area contributed by atoms with Gasteiger partial charge in [-0.3, -0.25) is 0 Å². The fourth-order valence-corrected chi connectivity index (χ4v) is 2.81. The van der Waals surface area contributed by atoms with Gasteiger partial charge in [-0.15, -0.1) is 0 Å². The van der Waals surface area contributed by atoms with E-state index < -0.39 is 0 Å². The van der Waals surface area contributed by atoms with Crippen LogP contribution in [0.4, 0.5) is 0 Å². The molecule has 0 saturated heterocycles. The Morgan fingerprint density at radius 3 is 2.45 bits per heavy atom. The summed E-state index contributed by atoms with van der Waals surface area (Å²) in [7, 11) is 0. The molecule has 2 heteroatoms. The third kappa shape index (κ3) is 3.23. The average molecular weight is 286 g/mol. The van der Waals surface area contributed by atoms with Crippen molar-refractivity contribution in [1.82, 2.24) is 5.32 Å². The Balaban J connectivity index is 1.72. The molecule has 0 radical (unpaired) electrons. The molecule has 20 heavy (non-hydrogen) atoms. The topological polar surface area (TPSA) is 12.0 Å². The highest BCUT2D eigenvalue weighted by atomic mass is 35.5. The zero-order chi connectivity index (χ0) is 13.9. The van der Waals surface area contributed by atoms with Crippen LogP contribution in [0.5, 0.6) is 0 Å². The average Bonchev–Trinajstić information content (AvgIpc) is 3.27. The van der Waals surface area contributed by atoms with Crippen LogP contribution in [0.15, 0.2) is 48.5 Å².